The summed E-state index contributed by atoms with van der Waals surface area (Å²) in [7, 11) is 0. The molecule has 0 unspecified atom stereocenters. The van der Waals surface area contributed by atoms with Gasteiger partial charge in [-0.05, 0) is 18.9 Å². The van der Waals surface area contributed by atoms with Crippen molar-refractivity contribution in [2.45, 2.75) is 32.5 Å². The lowest BCUT2D eigenvalue weighted by molar-refractivity contribution is -0.118. The van der Waals surface area contributed by atoms with Crippen molar-refractivity contribution in [1.29, 1.82) is 0 Å². The molecule has 0 bridgehead atoms. The van der Waals surface area contributed by atoms with E-state index < -0.39 is 0 Å². The van der Waals surface area contributed by atoms with E-state index in [-0.39, 0.29) is 5.91 Å². The molecule has 1 N–H and O–H groups in total. The molecule has 2 aromatic rings. The van der Waals surface area contributed by atoms with Gasteiger partial charge in [0.1, 0.15) is 0 Å². The van der Waals surface area contributed by atoms with Crippen molar-refractivity contribution in [3.8, 4) is 11.4 Å². The second kappa shape index (κ2) is 8.68. The summed E-state index contributed by atoms with van der Waals surface area (Å²) >= 11 is 1.40. The van der Waals surface area contributed by atoms with Gasteiger partial charge >= 0.3 is 0 Å². The fourth-order valence-electron chi connectivity index (χ4n) is 2.19. The molecule has 0 aliphatic carbocycles. The Balaban J connectivity index is 2.13. The standard InChI is InChI=1S/C18H24N4OS/c1-5-9-22-17(15-8-6-7-14(4)10-15)20-21-18(22)24-12-16(23)19-11-13(2)3/h5-8,10,13H,1,9,11-12H2,2-4H3,(H,19,23). The largest absolute Gasteiger partial charge is 0.355 e. The topological polar surface area (TPSA) is 59.8 Å². The second-order valence-electron chi connectivity index (χ2n) is 6.06. The smallest absolute Gasteiger partial charge is 0.230 e. The number of amides is 1. The van der Waals surface area contributed by atoms with Crippen molar-refractivity contribution in [1.82, 2.24) is 20.1 Å². The zero-order chi connectivity index (χ0) is 17.5. The third kappa shape index (κ3) is 4.96. The SMILES string of the molecule is C=CCn1c(SCC(=O)NCC(C)C)nnc1-c1cccc(C)c1. The average molecular weight is 344 g/mol. The fourth-order valence-corrected chi connectivity index (χ4v) is 2.96. The number of aromatic nitrogens is 3. The molecule has 0 spiro atoms. The molecule has 1 heterocycles. The predicted molar refractivity (Wildman–Crippen MR) is 99.0 cm³/mol. The molecule has 0 aliphatic rings. The Kier molecular flexibility index (Phi) is 6.61. The maximum absolute atomic E-state index is 11.9. The van der Waals surface area contributed by atoms with Crippen molar-refractivity contribution in [2.75, 3.05) is 12.3 Å². The Hall–Kier alpha value is -2.08. The van der Waals surface area contributed by atoms with Gasteiger partial charge in [0.05, 0.1) is 5.75 Å². The van der Waals surface area contributed by atoms with Crippen LogP contribution in [0.1, 0.15) is 19.4 Å². The van der Waals surface area contributed by atoms with Gasteiger partial charge in [-0.3, -0.25) is 9.36 Å². The van der Waals surface area contributed by atoms with Gasteiger partial charge in [0.15, 0.2) is 11.0 Å². The highest BCUT2D eigenvalue weighted by Gasteiger charge is 2.15. The molecule has 0 fully saturated rings. The van der Waals surface area contributed by atoms with E-state index in [1.165, 1.54) is 17.3 Å². The van der Waals surface area contributed by atoms with E-state index in [0.717, 1.165) is 16.5 Å². The van der Waals surface area contributed by atoms with E-state index in [2.05, 4.69) is 42.0 Å². The number of rotatable bonds is 8. The highest BCUT2D eigenvalue weighted by Crippen LogP contribution is 2.24. The van der Waals surface area contributed by atoms with Crippen LogP contribution in [0.25, 0.3) is 11.4 Å². The minimum Gasteiger partial charge on any atom is -0.355 e. The molecule has 128 valence electrons. The third-order valence-electron chi connectivity index (χ3n) is 3.34. The number of aryl methyl sites for hydroxylation is 1. The molecule has 2 rings (SSSR count). The molecular formula is C18H24N4OS. The van der Waals surface area contributed by atoms with E-state index in [1.54, 1.807) is 0 Å². The third-order valence-corrected chi connectivity index (χ3v) is 4.31. The molecule has 0 aliphatic heterocycles. The first-order valence-corrected chi connectivity index (χ1v) is 9.00. The lowest BCUT2D eigenvalue weighted by Gasteiger charge is -2.09. The number of benzene rings is 1. The fraction of sp³-hybridized carbons (Fsp3) is 0.389. The number of carbonyl (C=O) groups excluding carboxylic acids is 1. The number of hydrogen-bond donors (Lipinski definition) is 1. The first-order chi connectivity index (χ1) is 11.5. The molecule has 0 atom stereocenters. The van der Waals surface area contributed by atoms with Crippen molar-refractivity contribution < 1.29 is 4.79 Å². The van der Waals surface area contributed by atoms with Gasteiger partial charge in [-0.15, -0.1) is 16.8 Å². The highest BCUT2D eigenvalue weighted by atomic mass is 32.2. The predicted octanol–water partition coefficient (Wildman–Crippen LogP) is 3.30. The number of hydrogen-bond acceptors (Lipinski definition) is 4. The van der Waals surface area contributed by atoms with Gasteiger partial charge in [-0.2, -0.15) is 0 Å². The van der Waals surface area contributed by atoms with Crippen LogP contribution in [0.15, 0.2) is 42.1 Å². The molecular weight excluding hydrogens is 320 g/mol. The Morgan fingerprint density at radius 3 is 2.88 bits per heavy atom. The van der Waals surface area contributed by atoms with Gasteiger partial charge in [0.25, 0.3) is 0 Å². The molecule has 0 radical (unpaired) electrons. The van der Waals surface area contributed by atoms with Gasteiger partial charge in [0.2, 0.25) is 5.91 Å². The van der Waals surface area contributed by atoms with E-state index in [0.29, 0.717) is 24.8 Å². The Morgan fingerprint density at radius 1 is 1.42 bits per heavy atom. The average Bonchev–Trinajstić information content (AvgIpc) is 2.94. The zero-order valence-corrected chi connectivity index (χ0v) is 15.3. The Bertz CT molecular complexity index is 709. The molecule has 0 saturated heterocycles. The summed E-state index contributed by atoms with van der Waals surface area (Å²) < 4.78 is 1.99. The van der Waals surface area contributed by atoms with Crippen LogP contribution in [0.3, 0.4) is 0 Å². The minimum absolute atomic E-state index is 0.0129. The normalized spacial score (nSPS) is 10.8. The molecule has 6 heteroatoms. The van der Waals surface area contributed by atoms with Crippen molar-refractivity contribution in [2.24, 2.45) is 5.92 Å². The second-order valence-corrected chi connectivity index (χ2v) is 7.00. The van der Waals surface area contributed by atoms with Gasteiger partial charge in [-0.25, -0.2) is 0 Å². The quantitative estimate of drug-likeness (QED) is 0.589. The first kappa shape index (κ1) is 18.3. The minimum atomic E-state index is 0.0129. The maximum Gasteiger partial charge on any atom is 0.230 e. The Morgan fingerprint density at radius 2 is 2.21 bits per heavy atom. The number of thioether (sulfide) groups is 1. The van der Waals surface area contributed by atoms with Gasteiger partial charge in [0, 0.05) is 18.7 Å². The maximum atomic E-state index is 11.9. The van der Waals surface area contributed by atoms with Gasteiger partial charge in [-0.1, -0.05) is 55.4 Å². The van der Waals surface area contributed by atoms with Crippen LogP contribution in [0.5, 0.6) is 0 Å². The van der Waals surface area contributed by atoms with E-state index in [4.69, 9.17) is 0 Å². The summed E-state index contributed by atoms with van der Waals surface area (Å²) in [5, 5.41) is 12.2. The zero-order valence-electron chi connectivity index (χ0n) is 14.5. The first-order valence-electron chi connectivity index (χ1n) is 8.02. The number of nitrogens with zero attached hydrogens (tertiary/aromatic N) is 3. The molecule has 1 amide bonds. The van der Waals surface area contributed by atoms with Crippen LogP contribution in [-0.4, -0.2) is 33.0 Å². The van der Waals surface area contributed by atoms with Crippen LogP contribution in [0.4, 0.5) is 0 Å². The lowest BCUT2D eigenvalue weighted by Crippen LogP contribution is -2.28. The number of allylic oxidation sites excluding steroid dienone is 1. The van der Waals surface area contributed by atoms with E-state index in [9.17, 15) is 4.79 Å². The number of nitrogens with one attached hydrogen (secondary N) is 1. The van der Waals surface area contributed by atoms with Crippen molar-refractivity contribution >= 4 is 17.7 Å². The summed E-state index contributed by atoms with van der Waals surface area (Å²) in [6, 6.07) is 8.14. The van der Waals surface area contributed by atoms with Crippen LogP contribution in [0.2, 0.25) is 0 Å². The van der Waals surface area contributed by atoms with Crippen LogP contribution < -0.4 is 5.32 Å². The number of carbonyl (C=O) groups is 1. The van der Waals surface area contributed by atoms with Crippen LogP contribution >= 0.6 is 11.8 Å². The summed E-state index contributed by atoms with van der Waals surface area (Å²) in [5.41, 5.74) is 2.18. The van der Waals surface area contributed by atoms with Gasteiger partial charge < -0.3 is 5.32 Å². The van der Waals surface area contributed by atoms with E-state index >= 15 is 0 Å². The highest BCUT2D eigenvalue weighted by molar-refractivity contribution is 7.99. The monoisotopic (exact) mass is 344 g/mol. The Labute approximate surface area is 147 Å². The van der Waals surface area contributed by atoms with Crippen LogP contribution in [0, 0.1) is 12.8 Å². The van der Waals surface area contributed by atoms with Crippen LogP contribution in [-0.2, 0) is 11.3 Å². The molecule has 5 nitrogen and oxygen atoms in total. The summed E-state index contributed by atoms with van der Waals surface area (Å²) in [5.74, 6) is 1.58. The summed E-state index contributed by atoms with van der Waals surface area (Å²) in [6.07, 6.45) is 1.81. The molecule has 1 aromatic heterocycles. The summed E-state index contributed by atoms with van der Waals surface area (Å²) in [6.45, 7) is 11.3. The molecule has 24 heavy (non-hydrogen) atoms. The molecule has 1 aromatic carbocycles. The van der Waals surface area contributed by atoms with Crippen molar-refractivity contribution in [3.63, 3.8) is 0 Å². The summed E-state index contributed by atoms with van der Waals surface area (Å²) in [4.78, 5) is 11.9. The lowest BCUT2D eigenvalue weighted by atomic mass is 10.1. The van der Waals surface area contributed by atoms with E-state index in [1.807, 2.05) is 35.8 Å². The van der Waals surface area contributed by atoms with Crippen molar-refractivity contribution in [3.05, 3.63) is 42.5 Å². The molecule has 0 saturated carbocycles.